The quantitative estimate of drug-likeness (QED) is 0.595. The first kappa shape index (κ1) is 12.2. The van der Waals surface area contributed by atoms with E-state index in [1.165, 1.54) is 0 Å². The zero-order valence-corrected chi connectivity index (χ0v) is 9.43. The van der Waals surface area contributed by atoms with Crippen LogP contribution in [-0.4, -0.2) is 10.2 Å². The van der Waals surface area contributed by atoms with E-state index in [9.17, 15) is 10.2 Å². The van der Waals surface area contributed by atoms with E-state index in [-0.39, 0.29) is 16.5 Å². The van der Waals surface area contributed by atoms with E-state index in [1.54, 1.807) is 12.1 Å². The lowest BCUT2D eigenvalue weighted by molar-refractivity contribution is 0.403. The van der Waals surface area contributed by atoms with Crippen LogP contribution in [0.25, 0.3) is 0 Å². The molecule has 0 spiro atoms. The van der Waals surface area contributed by atoms with Crippen LogP contribution < -0.4 is 0 Å². The number of phenols is 2. The van der Waals surface area contributed by atoms with Crippen LogP contribution in [0.2, 0.25) is 5.02 Å². The van der Waals surface area contributed by atoms with Gasteiger partial charge in [0, 0.05) is 0 Å². The number of hydrogen-bond donors (Lipinski definition) is 2. The van der Waals surface area contributed by atoms with Crippen molar-refractivity contribution in [2.24, 2.45) is 0 Å². The Balaban J connectivity index is 2.55. The Morgan fingerprint density at radius 3 is 2.47 bits per heavy atom. The first-order valence-electron chi connectivity index (χ1n) is 5.14. The van der Waals surface area contributed by atoms with Crippen LogP contribution in [0.15, 0.2) is 12.1 Å². The Morgan fingerprint density at radius 1 is 1.13 bits per heavy atom. The summed E-state index contributed by atoms with van der Waals surface area (Å²) in [6, 6.07) is 3.26. The summed E-state index contributed by atoms with van der Waals surface area (Å²) in [5, 5.41) is 18.8. The summed E-state index contributed by atoms with van der Waals surface area (Å²) in [5.74, 6) is -0.382. The molecular weight excluding hydrogens is 212 g/mol. The van der Waals surface area contributed by atoms with Crippen molar-refractivity contribution in [3.8, 4) is 11.5 Å². The van der Waals surface area contributed by atoms with Gasteiger partial charge in [0.25, 0.3) is 0 Å². The van der Waals surface area contributed by atoms with E-state index in [0.717, 1.165) is 37.7 Å². The van der Waals surface area contributed by atoms with Gasteiger partial charge in [-0.1, -0.05) is 37.8 Å². The van der Waals surface area contributed by atoms with Gasteiger partial charge in [0.15, 0.2) is 11.5 Å². The largest absolute Gasteiger partial charge is 0.504 e. The van der Waals surface area contributed by atoms with Gasteiger partial charge in [0.1, 0.15) is 0 Å². The van der Waals surface area contributed by atoms with E-state index in [2.05, 4.69) is 6.92 Å². The molecule has 2 N–H and O–H groups in total. The number of aromatic hydroxyl groups is 2. The zero-order chi connectivity index (χ0) is 11.3. The highest BCUT2D eigenvalue weighted by molar-refractivity contribution is 6.32. The fraction of sp³-hybridized carbons (Fsp3) is 0.417. The normalized spacial score (nSPS) is 10.5. The third kappa shape index (κ3) is 3.63. The minimum atomic E-state index is -0.238. The molecule has 0 bridgehead atoms. The van der Waals surface area contributed by atoms with Crippen LogP contribution in [0, 0.1) is 6.92 Å². The zero-order valence-electron chi connectivity index (χ0n) is 8.67. The monoisotopic (exact) mass is 227 g/mol. The second-order valence-electron chi connectivity index (χ2n) is 3.61. The lowest BCUT2D eigenvalue weighted by Gasteiger charge is -2.05. The fourth-order valence-electron chi connectivity index (χ4n) is 1.47. The second-order valence-corrected chi connectivity index (χ2v) is 4.02. The molecule has 1 radical (unpaired) electrons. The number of benzene rings is 1. The molecule has 0 heterocycles. The second kappa shape index (κ2) is 5.86. The third-order valence-electron chi connectivity index (χ3n) is 2.32. The molecule has 0 fully saturated rings. The lowest BCUT2D eigenvalue weighted by Crippen LogP contribution is -1.86. The molecule has 0 unspecified atom stereocenters. The number of aryl methyl sites for hydroxylation is 1. The van der Waals surface area contributed by atoms with E-state index >= 15 is 0 Å². The number of phenolic OH excluding ortho intramolecular Hbond substituents is 2. The van der Waals surface area contributed by atoms with Crippen molar-refractivity contribution in [1.82, 2.24) is 0 Å². The highest BCUT2D eigenvalue weighted by Gasteiger charge is 2.06. The van der Waals surface area contributed by atoms with Gasteiger partial charge in [-0.2, -0.15) is 0 Å². The number of unbranched alkanes of at least 4 members (excludes halogenated alkanes) is 3. The molecule has 0 aliphatic heterocycles. The van der Waals surface area contributed by atoms with Crippen molar-refractivity contribution >= 4 is 11.6 Å². The van der Waals surface area contributed by atoms with Crippen LogP contribution in [0.5, 0.6) is 11.5 Å². The Kier molecular flexibility index (Phi) is 4.76. The SMILES string of the molecule is [CH2]CCCCCc1cc(O)c(O)c(Cl)c1. The summed E-state index contributed by atoms with van der Waals surface area (Å²) in [7, 11) is 0. The summed E-state index contributed by atoms with van der Waals surface area (Å²) in [6.07, 6.45) is 5.13. The molecule has 0 aliphatic carbocycles. The standard InChI is InChI=1S/C12H16ClO2/c1-2-3-4-5-6-9-7-10(13)12(15)11(14)8-9/h7-8,14-15H,1-6H2. The maximum Gasteiger partial charge on any atom is 0.176 e. The lowest BCUT2D eigenvalue weighted by atomic mass is 10.1. The molecule has 0 amide bonds. The number of hydrogen-bond acceptors (Lipinski definition) is 2. The molecule has 1 aromatic rings. The molecule has 0 atom stereocenters. The molecule has 1 rings (SSSR count). The average molecular weight is 228 g/mol. The van der Waals surface area contributed by atoms with Gasteiger partial charge in [-0.05, 0) is 30.5 Å². The van der Waals surface area contributed by atoms with Gasteiger partial charge in [-0.25, -0.2) is 0 Å². The van der Waals surface area contributed by atoms with Gasteiger partial charge in [-0.15, -0.1) is 0 Å². The predicted octanol–water partition coefficient (Wildman–Crippen LogP) is 3.69. The van der Waals surface area contributed by atoms with Crippen molar-refractivity contribution in [3.63, 3.8) is 0 Å². The predicted molar refractivity (Wildman–Crippen MR) is 62.3 cm³/mol. The Bertz CT molecular complexity index is 300. The van der Waals surface area contributed by atoms with E-state index in [0.29, 0.717) is 0 Å². The molecular formula is C12H16ClO2. The molecule has 0 saturated carbocycles. The first-order chi connectivity index (χ1) is 7.15. The summed E-state index contributed by atoms with van der Waals surface area (Å²) in [4.78, 5) is 0. The van der Waals surface area contributed by atoms with Crippen molar-refractivity contribution in [3.05, 3.63) is 29.6 Å². The molecule has 0 aromatic heterocycles. The van der Waals surface area contributed by atoms with Crippen LogP contribution >= 0.6 is 11.6 Å². The molecule has 0 aliphatic rings. The van der Waals surface area contributed by atoms with E-state index in [1.807, 2.05) is 0 Å². The van der Waals surface area contributed by atoms with Gasteiger partial charge in [0.05, 0.1) is 5.02 Å². The van der Waals surface area contributed by atoms with Crippen molar-refractivity contribution in [1.29, 1.82) is 0 Å². The van der Waals surface area contributed by atoms with Gasteiger partial charge >= 0.3 is 0 Å². The van der Waals surface area contributed by atoms with Crippen LogP contribution in [0.3, 0.4) is 0 Å². The Hall–Kier alpha value is -0.890. The van der Waals surface area contributed by atoms with Gasteiger partial charge in [-0.3, -0.25) is 0 Å². The Labute approximate surface area is 95.5 Å². The maximum absolute atomic E-state index is 9.34. The fourth-order valence-corrected chi connectivity index (χ4v) is 1.70. The molecule has 3 heteroatoms. The van der Waals surface area contributed by atoms with E-state index in [4.69, 9.17) is 11.6 Å². The van der Waals surface area contributed by atoms with Gasteiger partial charge in [0.2, 0.25) is 0 Å². The summed E-state index contributed by atoms with van der Waals surface area (Å²) < 4.78 is 0. The summed E-state index contributed by atoms with van der Waals surface area (Å²) in [5.41, 5.74) is 0.958. The summed E-state index contributed by atoms with van der Waals surface area (Å²) >= 11 is 5.74. The molecule has 1 aromatic carbocycles. The van der Waals surface area contributed by atoms with Gasteiger partial charge < -0.3 is 10.2 Å². The van der Waals surface area contributed by atoms with Crippen LogP contribution in [0.4, 0.5) is 0 Å². The topological polar surface area (TPSA) is 40.5 Å². The van der Waals surface area contributed by atoms with Crippen molar-refractivity contribution < 1.29 is 10.2 Å². The number of halogens is 1. The van der Waals surface area contributed by atoms with E-state index < -0.39 is 0 Å². The average Bonchev–Trinajstić information content (AvgIpc) is 2.21. The summed E-state index contributed by atoms with van der Waals surface area (Å²) in [6.45, 7) is 3.78. The molecule has 83 valence electrons. The maximum atomic E-state index is 9.34. The van der Waals surface area contributed by atoms with Crippen LogP contribution in [-0.2, 0) is 6.42 Å². The third-order valence-corrected chi connectivity index (χ3v) is 2.61. The minimum Gasteiger partial charge on any atom is -0.504 e. The number of rotatable bonds is 5. The highest BCUT2D eigenvalue weighted by Crippen LogP contribution is 2.34. The van der Waals surface area contributed by atoms with Crippen molar-refractivity contribution in [2.45, 2.75) is 32.1 Å². The minimum absolute atomic E-state index is 0.144. The smallest absolute Gasteiger partial charge is 0.176 e. The first-order valence-corrected chi connectivity index (χ1v) is 5.52. The Morgan fingerprint density at radius 2 is 1.87 bits per heavy atom. The van der Waals surface area contributed by atoms with Crippen LogP contribution in [0.1, 0.15) is 31.2 Å². The highest BCUT2D eigenvalue weighted by atomic mass is 35.5. The van der Waals surface area contributed by atoms with Crippen molar-refractivity contribution in [2.75, 3.05) is 0 Å². The molecule has 2 nitrogen and oxygen atoms in total. The molecule has 15 heavy (non-hydrogen) atoms. The molecule has 0 saturated heterocycles.